The minimum atomic E-state index is -4.07. The Morgan fingerprint density at radius 2 is 1.61 bits per heavy atom. The average molecular weight is 472 g/mol. The van der Waals surface area contributed by atoms with E-state index >= 15 is 0 Å². The standard InChI is InChI=1S/C23H22FN3O5S/c1-15-3-10-19(11-4-15)27-33(30,31)21-14-17(7-12-20(21)32-2)23(29)26-25-22(28)13-16-5-8-18(24)9-6-16/h3-12,14,27H,13H2,1-2H3,(H,25,28)(H,26,29). The molecule has 0 atom stereocenters. The van der Waals surface area contributed by atoms with Gasteiger partial charge < -0.3 is 4.74 Å². The number of ether oxygens (including phenoxy) is 1. The molecule has 0 saturated heterocycles. The molecule has 0 aliphatic carbocycles. The lowest BCUT2D eigenvalue weighted by molar-refractivity contribution is -0.121. The van der Waals surface area contributed by atoms with Gasteiger partial charge in [-0.1, -0.05) is 29.8 Å². The van der Waals surface area contributed by atoms with E-state index in [1.807, 2.05) is 6.92 Å². The molecule has 3 rings (SSSR count). The van der Waals surface area contributed by atoms with Gasteiger partial charge in [-0.3, -0.25) is 25.2 Å². The van der Waals surface area contributed by atoms with Crippen LogP contribution in [0.25, 0.3) is 0 Å². The minimum absolute atomic E-state index is 0.0119. The van der Waals surface area contributed by atoms with Crippen LogP contribution in [0.3, 0.4) is 0 Å². The van der Waals surface area contributed by atoms with Gasteiger partial charge in [0, 0.05) is 11.3 Å². The summed E-state index contributed by atoms with van der Waals surface area (Å²) in [5, 5.41) is 0. The first-order chi connectivity index (χ1) is 15.7. The number of benzene rings is 3. The molecule has 0 aliphatic heterocycles. The lowest BCUT2D eigenvalue weighted by Gasteiger charge is -2.14. The van der Waals surface area contributed by atoms with Crippen LogP contribution in [0.1, 0.15) is 21.5 Å². The lowest BCUT2D eigenvalue weighted by Crippen LogP contribution is -2.42. The smallest absolute Gasteiger partial charge is 0.269 e. The fraction of sp³-hybridized carbons (Fsp3) is 0.130. The van der Waals surface area contributed by atoms with Gasteiger partial charge in [-0.05, 0) is 55.0 Å². The fourth-order valence-electron chi connectivity index (χ4n) is 2.89. The summed E-state index contributed by atoms with van der Waals surface area (Å²) in [6.45, 7) is 1.88. The van der Waals surface area contributed by atoms with Crippen LogP contribution in [0.5, 0.6) is 5.75 Å². The molecule has 0 heterocycles. The van der Waals surface area contributed by atoms with Crippen LogP contribution < -0.4 is 20.3 Å². The normalized spacial score (nSPS) is 10.9. The summed E-state index contributed by atoms with van der Waals surface area (Å²) in [6.07, 6.45) is -0.0801. The van der Waals surface area contributed by atoms with E-state index in [4.69, 9.17) is 4.74 Å². The molecule has 2 amide bonds. The maximum Gasteiger partial charge on any atom is 0.269 e. The number of anilines is 1. The van der Waals surface area contributed by atoms with Crippen molar-refractivity contribution in [3.8, 4) is 5.75 Å². The van der Waals surface area contributed by atoms with E-state index in [0.29, 0.717) is 11.3 Å². The zero-order chi connectivity index (χ0) is 24.0. The Morgan fingerprint density at radius 1 is 0.939 bits per heavy atom. The molecule has 0 aliphatic rings. The summed E-state index contributed by atoms with van der Waals surface area (Å²) in [4.78, 5) is 24.3. The topological polar surface area (TPSA) is 114 Å². The van der Waals surface area contributed by atoms with Crippen molar-refractivity contribution in [1.82, 2.24) is 10.9 Å². The van der Waals surface area contributed by atoms with Gasteiger partial charge in [0.05, 0.1) is 13.5 Å². The fourth-order valence-corrected chi connectivity index (χ4v) is 4.14. The van der Waals surface area contributed by atoms with Crippen molar-refractivity contribution in [3.05, 3.63) is 89.2 Å². The summed E-state index contributed by atoms with van der Waals surface area (Å²) < 4.78 is 46.4. The highest BCUT2D eigenvalue weighted by Crippen LogP contribution is 2.27. The predicted molar refractivity (Wildman–Crippen MR) is 121 cm³/mol. The summed E-state index contributed by atoms with van der Waals surface area (Å²) in [6, 6.07) is 16.0. The molecule has 0 unspecified atom stereocenters. The Morgan fingerprint density at radius 3 is 2.24 bits per heavy atom. The van der Waals surface area contributed by atoms with Gasteiger partial charge in [0.2, 0.25) is 5.91 Å². The quantitative estimate of drug-likeness (QED) is 0.459. The number of sulfonamides is 1. The third kappa shape index (κ3) is 6.30. The molecule has 0 bridgehead atoms. The van der Waals surface area contributed by atoms with E-state index in [1.54, 1.807) is 24.3 Å². The van der Waals surface area contributed by atoms with E-state index in [-0.39, 0.29) is 22.6 Å². The number of methoxy groups -OCH3 is 1. The first kappa shape index (κ1) is 23.7. The van der Waals surface area contributed by atoms with Crippen molar-refractivity contribution in [2.24, 2.45) is 0 Å². The van der Waals surface area contributed by atoms with Gasteiger partial charge in [0.1, 0.15) is 16.5 Å². The zero-order valence-corrected chi connectivity index (χ0v) is 18.7. The largest absolute Gasteiger partial charge is 0.495 e. The molecule has 3 aromatic rings. The first-order valence-corrected chi connectivity index (χ1v) is 11.3. The zero-order valence-electron chi connectivity index (χ0n) is 17.9. The van der Waals surface area contributed by atoms with Crippen molar-refractivity contribution in [3.63, 3.8) is 0 Å². The third-order valence-electron chi connectivity index (χ3n) is 4.61. The van der Waals surface area contributed by atoms with Gasteiger partial charge >= 0.3 is 0 Å². The Labute approximate surface area is 190 Å². The van der Waals surface area contributed by atoms with Gasteiger partial charge in [-0.2, -0.15) is 0 Å². The second kappa shape index (κ2) is 10.1. The van der Waals surface area contributed by atoms with Crippen molar-refractivity contribution in [2.45, 2.75) is 18.2 Å². The molecule has 0 spiro atoms. The van der Waals surface area contributed by atoms with E-state index in [1.165, 1.54) is 43.5 Å². The number of amides is 2. The van der Waals surface area contributed by atoms with Gasteiger partial charge in [-0.15, -0.1) is 0 Å². The van der Waals surface area contributed by atoms with Crippen molar-refractivity contribution < 1.29 is 27.1 Å². The second-order valence-electron chi connectivity index (χ2n) is 7.14. The highest BCUT2D eigenvalue weighted by atomic mass is 32.2. The second-order valence-corrected chi connectivity index (χ2v) is 8.79. The van der Waals surface area contributed by atoms with Gasteiger partial charge in [0.15, 0.2) is 0 Å². The van der Waals surface area contributed by atoms with Crippen LogP contribution in [0, 0.1) is 12.7 Å². The van der Waals surface area contributed by atoms with Gasteiger partial charge in [-0.25, -0.2) is 12.8 Å². The van der Waals surface area contributed by atoms with Crippen LogP contribution in [0.15, 0.2) is 71.6 Å². The summed E-state index contributed by atoms with van der Waals surface area (Å²) in [7, 11) is -2.76. The highest BCUT2D eigenvalue weighted by Gasteiger charge is 2.22. The molecule has 172 valence electrons. The summed E-state index contributed by atoms with van der Waals surface area (Å²) in [5.41, 5.74) is 6.35. The van der Waals surface area contributed by atoms with Crippen LogP contribution in [-0.4, -0.2) is 27.3 Å². The predicted octanol–water partition coefficient (Wildman–Crippen LogP) is 2.95. The Hall–Kier alpha value is -3.92. The third-order valence-corrected chi connectivity index (χ3v) is 6.01. The molecule has 0 aromatic heterocycles. The molecule has 10 heteroatoms. The molecule has 3 N–H and O–H groups in total. The first-order valence-electron chi connectivity index (χ1n) is 9.79. The van der Waals surface area contributed by atoms with Crippen LogP contribution in [0.2, 0.25) is 0 Å². The number of hydrogen-bond acceptors (Lipinski definition) is 5. The Balaban J connectivity index is 1.72. The monoisotopic (exact) mass is 471 g/mol. The van der Waals surface area contributed by atoms with Crippen molar-refractivity contribution >= 4 is 27.5 Å². The van der Waals surface area contributed by atoms with Crippen LogP contribution in [-0.2, 0) is 21.2 Å². The SMILES string of the molecule is COc1ccc(C(=O)NNC(=O)Cc2ccc(F)cc2)cc1S(=O)(=O)Nc1ccc(C)cc1. The minimum Gasteiger partial charge on any atom is -0.495 e. The number of carbonyl (C=O) groups is 2. The van der Waals surface area contributed by atoms with Crippen molar-refractivity contribution in [2.75, 3.05) is 11.8 Å². The average Bonchev–Trinajstić information content (AvgIpc) is 2.80. The molecule has 8 nitrogen and oxygen atoms in total. The molecular formula is C23H22FN3O5S. The number of nitrogens with one attached hydrogen (secondary N) is 3. The number of rotatable bonds is 7. The molecule has 0 saturated carbocycles. The summed E-state index contributed by atoms with van der Waals surface area (Å²) in [5.74, 6) is -1.63. The molecule has 0 fully saturated rings. The number of carbonyl (C=O) groups excluding carboxylic acids is 2. The van der Waals surface area contributed by atoms with Gasteiger partial charge in [0.25, 0.3) is 15.9 Å². The van der Waals surface area contributed by atoms with E-state index < -0.39 is 27.7 Å². The molecular weight excluding hydrogens is 449 g/mol. The Kier molecular flexibility index (Phi) is 7.29. The maximum absolute atomic E-state index is 13.0. The highest BCUT2D eigenvalue weighted by molar-refractivity contribution is 7.92. The van der Waals surface area contributed by atoms with Crippen molar-refractivity contribution in [1.29, 1.82) is 0 Å². The molecule has 3 aromatic carbocycles. The maximum atomic E-state index is 13.0. The summed E-state index contributed by atoms with van der Waals surface area (Å²) >= 11 is 0. The number of hydrazine groups is 1. The number of halogens is 1. The number of hydrogen-bond donors (Lipinski definition) is 3. The van der Waals surface area contributed by atoms with E-state index in [9.17, 15) is 22.4 Å². The van der Waals surface area contributed by atoms with E-state index in [0.717, 1.165) is 11.6 Å². The van der Waals surface area contributed by atoms with Crippen LogP contribution in [0.4, 0.5) is 10.1 Å². The number of aryl methyl sites for hydroxylation is 1. The molecule has 0 radical (unpaired) electrons. The molecule has 33 heavy (non-hydrogen) atoms. The Bertz CT molecular complexity index is 1260. The van der Waals surface area contributed by atoms with E-state index in [2.05, 4.69) is 15.6 Å². The van der Waals surface area contributed by atoms with Crippen LogP contribution >= 0.6 is 0 Å². The lowest BCUT2D eigenvalue weighted by atomic mass is 10.1.